The minimum atomic E-state index is -4.48. The van der Waals surface area contributed by atoms with Crippen molar-refractivity contribution in [1.29, 1.82) is 0 Å². The zero-order valence-electron chi connectivity index (χ0n) is 27.1. The van der Waals surface area contributed by atoms with Crippen molar-refractivity contribution in [1.82, 2.24) is 39.2 Å². The summed E-state index contributed by atoms with van der Waals surface area (Å²) >= 11 is 11.8. The Bertz CT molecular complexity index is 2660. The quantitative estimate of drug-likeness (QED) is 0.128. The molecule has 0 saturated carbocycles. The van der Waals surface area contributed by atoms with Crippen LogP contribution in [0.3, 0.4) is 0 Å². The van der Waals surface area contributed by atoms with Crippen molar-refractivity contribution in [2.24, 2.45) is 0 Å². The number of sulfonamides is 2. The van der Waals surface area contributed by atoms with Gasteiger partial charge in [-0.25, -0.2) is 9.59 Å². The Morgan fingerprint density at radius 1 is 0.759 bits per heavy atom. The minimum absolute atomic E-state index is 0.0916. The molecule has 6 aromatic rings. The summed E-state index contributed by atoms with van der Waals surface area (Å²) in [4.78, 5) is 37.3. The minimum Gasteiger partial charge on any atom is -0.478 e. The number of aromatic carboxylic acids is 2. The standard InChI is InChI=1S/2C14H11ClFN5O5S/c1-2-26-10-6-9(16)21-13(17-10)18-14(19-21)27(24,25)20-11-7(12(22)23)4-3-5-8(11)15;1-2-26-14-17-9(16)6-10-18-13(19-21(10)14)27(24,25)20-11-7(12(22)23)4-3-5-8(11)15/h2*3-6,20H,2H2,1H3,(H,22,23). The van der Waals surface area contributed by atoms with Crippen LogP contribution in [-0.4, -0.2) is 91.4 Å². The third-order valence-electron chi connectivity index (χ3n) is 6.48. The topological polar surface area (TPSA) is 272 Å². The van der Waals surface area contributed by atoms with Crippen molar-refractivity contribution in [3.05, 3.63) is 81.6 Å². The molecule has 4 N–H and O–H groups in total. The van der Waals surface area contributed by atoms with E-state index in [4.69, 9.17) is 32.7 Å². The number of hydrogen-bond acceptors (Lipinski definition) is 14. The number of benzene rings is 2. The van der Waals surface area contributed by atoms with E-state index in [1.807, 2.05) is 9.44 Å². The lowest BCUT2D eigenvalue weighted by Crippen LogP contribution is -2.17. The average molecular weight is 832 g/mol. The van der Waals surface area contributed by atoms with Crippen molar-refractivity contribution < 1.29 is 54.9 Å². The molecule has 26 heteroatoms. The summed E-state index contributed by atoms with van der Waals surface area (Å²) in [7, 11) is -8.93. The Kier molecular flexibility index (Phi) is 11.3. The molecule has 4 aromatic heterocycles. The van der Waals surface area contributed by atoms with Gasteiger partial charge >= 0.3 is 17.9 Å². The van der Waals surface area contributed by atoms with Crippen molar-refractivity contribution in [2.75, 3.05) is 22.7 Å². The average Bonchev–Trinajstić information content (AvgIpc) is 3.73. The second-order valence-electron chi connectivity index (χ2n) is 10.1. The highest BCUT2D eigenvalue weighted by molar-refractivity contribution is 7.92. The second kappa shape index (κ2) is 15.6. The van der Waals surface area contributed by atoms with Crippen LogP contribution in [0.5, 0.6) is 11.9 Å². The first-order chi connectivity index (χ1) is 25.4. The lowest BCUT2D eigenvalue weighted by Gasteiger charge is -2.10. The van der Waals surface area contributed by atoms with Crippen LogP contribution in [0, 0.1) is 11.9 Å². The Balaban J connectivity index is 0.000000208. The van der Waals surface area contributed by atoms with E-state index in [9.17, 15) is 45.4 Å². The third-order valence-corrected chi connectivity index (χ3v) is 9.36. The van der Waals surface area contributed by atoms with Gasteiger partial charge in [-0.2, -0.15) is 54.6 Å². The van der Waals surface area contributed by atoms with Gasteiger partial charge in [0.25, 0.3) is 36.1 Å². The van der Waals surface area contributed by atoms with Gasteiger partial charge in [0.1, 0.15) is 0 Å². The molecule has 0 radical (unpaired) electrons. The van der Waals surface area contributed by atoms with Crippen LogP contribution in [0.25, 0.3) is 11.4 Å². The smallest absolute Gasteiger partial charge is 0.337 e. The number of carboxylic acid groups (broad SMARTS) is 2. The first-order valence-corrected chi connectivity index (χ1v) is 18.4. The fourth-order valence-electron chi connectivity index (χ4n) is 4.26. The molecule has 6 rings (SSSR count). The molecule has 0 spiro atoms. The predicted molar refractivity (Wildman–Crippen MR) is 182 cm³/mol. The summed E-state index contributed by atoms with van der Waals surface area (Å²) < 4.78 is 93.6. The largest absolute Gasteiger partial charge is 0.478 e. The Labute approximate surface area is 311 Å². The molecule has 20 nitrogen and oxygen atoms in total. The molecular formula is C28H22Cl2F2N10O10S2. The molecule has 0 aliphatic heterocycles. The number of aromatic nitrogens is 8. The van der Waals surface area contributed by atoms with Crippen LogP contribution < -0.4 is 18.9 Å². The highest BCUT2D eigenvalue weighted by atomic mass is 35.5. The number of nitrogens with zero attached hydrogens (tertiary/aromatic N) is 8. The molecule has 54 heavy (non-hydrogen) atoms. The van der Waals surface area contributed by atoms with Crippen molar-refractivity contribution in [2.45, 2.75) is 24.2 Å². The van der Waals surface area contributed by atoms with Gasteiger partial charge in [-0.15, -0.1) is 10.2 Å². The first-order valence-electron chi connectivity index (χ1n) is 14.7. The number of nitrogens with one attached hydrogen (secondary N) is 2. The normalized spacial score (nSPS) is 11.5. The maximum absolute atomic E-state index is 14.1. The molecule has 0 aliphatic rings. The molecule has 0 fully saturated rings. The SMILES string of the molecule is CCOc1cc(F)n2nc(S(=O)(=O)Nc3c(Cl)cccc3C(=O)O)nc2n1.CCOc1nc(F)cc2nc(S(=O)(=O)Nc3c(Cl)cccc3C(=O)O)nn12. The highest BCUT2D eigenvalue weighted by Gasteiger charge is 2.28. The summed E-state index contributed by atoms with van der Waals surface area (Å²) in [5.74, 6) is -5.10. The van der Waals surface area contributed by atoms with E-state index in [0.717, 1.165) is 16.6 Å². The van der Waals surface area contributed by atoms with Gasteiger partial charge in [0.2, 0.25) is 17.8 Å². The maximum atomic E-state index is 14.1. The van der Waals surface area contributed by atoms with Crippen molar-refractivity contribution in [3.63, 3.8) is 0 Å². The van der Waals surface area contributed by atoms with Crippen LogP contribution in [0.15, 0.2) is 58.8 Å². The maximum Gasteiger partial charge on any atom is 0.337 e. The fraction of sp³-hybridized carbons (Fsp3) is 0.143. The molecule has 4 heterocycles. The van der Waals surface area contributed by atoms with E-state index in [-0.39, 0.29) is 69.1 Å². The van der Waals surface area contributed by atoms with E-state index in [2.05, 4.69) is 30.1 Å². The second-order valence-corrected chi connectivity index (χ2v) is 14.0. The summed E-state index contributed by atoms with van der Waals surface area (Å²) in [6, 6.07) is 9.17. The van der Waals surface area contributed by atoms with Crippen LogP contribution in [0.4, 0.5) is 20.2 Å². The van der Waals surface area contributed by atoms with Gasteiger partial charge in [0, 0.05) is 6.07 Å². The number of para-hydroxylation sites is 2. The number of anilines is 2. The molecule has 0 bridgehead atoms. The number of fused-ring (bicyclic) bond motifs is 2. The Hall–Kier alpha value is -5.98. The first kappa shape index (κ1) is 39.2. The third kappa shape index (κ3) is 8.30. The summed E-state index contributed by atoms with van der Waals surface area (Å²) in [6.45, 7) is 3.64. The summed E-state index contributed by atoms with van der Waals surface area (Å²) in [5, 5.41) is 23.9. The predicted octanol–water partition coefficient (Wildman–Crippen LogP) is 3.63. The fourth-order valence-corrected chi connectivity index (χ4v) is 6.76. The lowest BCUT2D eigenvalue weighted by molar-refractivity contribution is 0.0687. The number of carbonyl (C=O) groups is 2. The Morgan fingerprint density at radius 3 is 1.80 bits per heavy atom. The molecule has 0 amide bonds. The van der Waals surface area contributed by atoms with Crippen LogP contribution >= 0.6 is 23.2 Å². The van der Waals surface area contributed by atoms with E-state index in [1.54, 1.807) is 13.8 Å². The van der Waals surface area contributed by atoms with Crippen molar-refractivity contribution in [3.8, 4) is 11.9 Å². The monoisotopic (exact) mass is 830 g/mol. The summed E-state index contributed by atoms with van der Waals surface area (Å²) in [5.41, 5.74) is -1.62. The van der Waals surface area contributed by atoms with Crippen molar-refractivity contribution >= 4 is 78.0 Å². The van der Waals surface area contributed by atoms with E-state index < -0.39 is 54.2 Å². The summed E-state index contributed by atoms with van der Waals surface area (Å²) in [6.07, 6.45) is 0. The van der Waals surface area contributed by atoms with Crippen LogP contribution in [-0.2, 0) is 20.0 Å². The van der Waals surface area contributed by atoms with Crippen LogP contribution in [0.1, 0.15) is 34.6 Å². The number of rotatable bonds is 12. The zero-order valence-corrected chi connectivity index (χ0v) is 30.2. The van der Waals surface area contributed by atoms with Crippen LogP contribution in [0.2, 0.25) is 10.0 Å². The van der Waals surface area contributed by atoms with Gasteiger partial charge in [0.05, 0.1) is 51.8 Å². The van der Waals surface area contributed by atoms with E-state index in [0.29, 0.717) is 4.52 Å². The molecule has 0 aliphatic carbocycles. The lowest BCUT2D eigenvalue weighted by atomic mass is 10.2. The van der Waals surface area contributed by atoms with E-state index >= 15 is 0 Å². The number of carboxylic acids is 2. The number of ether oxygens (including phenoxy) is 2. The van der Waals surface area contributed by atoms with Gasteiger partial charge in [-0.3, -0.25) is 9.44 Å². The molecule has 0 unspecified atom stereocenters. The van der Waals surface area contributed by atoms with E-state index in [1.165, 1.54) is 36.4 Å². The van der Waals surface area contributed by atoms with Gasteiger partial charge in [0.15, 0.2) is 5.65 Å². The number of hydrogen-bond donors (Lipinski definition) is 4. The van der Waals surface area contributed by atoms with Gasteiger partial charge in [-0.1, -0.05) is 35.3 Å². The zero-order chi connectivity index (χ0) is 39.5. The number of halogens is 4. The molecule has 284 valence electrons. The Morgan fingerprint density at radius 2 is 1.28 bits per heavy atom. The molecular weight excluding hydrogens is 809 g/mol. The van der Waals surface area contributed by atoms with Gasteiger partial charge < -0.3 is 19.7 Å². The molecule has 0 saturated heterocycles. The van der Waals surface area contributed by atoms with Gasteiger partial charge in [-0.05, 0) is 38.1 Å². The molecule has 0 atom stereocenters. The molecule has 2 aromatic carbocycles. The highest BCUT2D eigenvalue weighted by Crippen LogP contribution is 2.30.